The zero-order valence-electron chi connectivity index (χ0n) is 8.39. The number of aromatic nitrogens is 3. The maximum absolute atomic E-state index is 4.50. The van der Waals surface area contributed by atoms with Crippen LogP contribution in [0.25, 0.3) is 11.0 Å². The molecule has 2 aromatic rings. The number of fused-ring (bicyclic) bond motifs is 1. The highest BCUT2D eigenvalue weighted by atomic mass is 15.1. The van der Waals surface area contributed by atoms with Crippen molar-refractivity contribution in [3.63, 3.8) is 0 Å². The molecule has 0 radical (unpaired) electrons. The third kappa shape index (κ3) is 1.03. The highest BCUT2D eigenvalue weighted by Gasteiger charge is 2.09. The SMILES string of the molecule is Cc1nc2c(C)[nH]nc2c(C)c1C. The second-order valence-corrected chi connectivity index (χ2v) is 3.49. The quantitative estimate of drug-likeness (QED) is 0.666. The van der Waals surface area contributed by atoms with Gasteiger partial charge in [-0.2, -0.15) is 5.10 Å². The first-order chi connectivity index (χ1) is 6.11. The van der Waals surface area contributed by atoms with E-state index in [1.165, 1.54) is 11.1 Å². The smallest absolute Gasteiger partial charge is 0.114 e. The predicted octanol–water partition coefficient (Wildman–Crippen LogP) is 2.19. The third-order valence-corrected chi connectivity index (χ3v) is 2.65. The first-order valence-electron chi connectivity index (χ1n) is 4.39. The van der Waals surface area contributed by atoms with Crippen LogP contribution in [0, 0.1) is 27.7 Å². The number of pyridine rings is 1. The van der Waals surface area contributed by atoms with Crippen molar-refractivity contribution in [1.29, 1.82) is 0 Å². The second kappa shape index (κ2) is 2.55. The minimum Gasteiger partial charge on any atom is -0.280 e. The molecule has 0 aliphatic heterocycles. The van der Waals surface area contributed by atoms with Crippen LogP contribution in [0.3, 0.4) is 0 Å². The highest BCUT2D eigenvalue weighted by Crippen LogP contribution is 2.21. The normalized spacial score (nSPS) is 11.1. The van der Waals surface area contributed by atoms with E-state index in [2.05, 4.69) is 29.0 Å². The zero-order valence-corrected chi connectivity index (χ0v) is 8.39. The summed E-state index contributed by atoms with van der Waals surface area (Å²) in [6.07, 6.45) is 0. The van der Waals surface area contributed by atoms with E-state index in [1.807, 2.05) is 13.8 Å². The third-order valence-electron chi connectivity index (χ3n) is 2.65. The Morgan fingerprint density at radius 3 is 2.31 bits per heavy atom. The Morgan fingerprint density at radius 2 is 1.62 bits per heavy atom. The number of hydrogen-bond donors (Lipinski definition) is 1. The summed E-state index contributed by atoms with van der Waals surface area (Å²) in [4.78, 5) is 4.50. The van der Waals surface area contributed by atoms with Gasteiger partial charge in [-0.15, -0.1) is 0 Å². The van der Waals surface area contributed by atoms with Crippen LogP contribution in [-0.2, 0) is 0 Å². The molecule has 0 bridgehead atoms. The van der Waals surface area contributed by atoms with Crippen molar-refractivity contribution >= 4 is 11.0 Å². The fourth-order valence-corrected chi connectivity index (χ4v) is 1.52. The van der Waals surface area contributed by atoms with Crippen molar-refractivity contribution < 1.29 is 0 Å². The lowest BCUT2D eigenvalue weighted by molar-refractivity contribution is 1.06. The van der Waals surface area contributed by atoms with Gasteiger partial charge in [-0.05, 0) is 38.8 Å². The van der Waals surface area contributed by atoms with Crippen LogP contribution < -0.4 is 0 Å². The maximum Gasteiger partial charge on any atom is 0.114 e. The Morgan fingerprint density at radius 1 is 0.923 bits per heavy atom. The molecule has 0 saturated carbocycles. The molecule has 0 unspecified atom stereocenters. The molecule has 0 saturated heterocycles. The molecule has 0 aromatic carbocycles. The van der Waals surface area contributed by atoms with Crippen LogP contribution >= 0.6 is 0 Å². The Labute approximate surface area is 77.2 Å². The number of aryl methyl sites for hydroxylation is 3. The Hall–Kier alpha value is -1.38. The molecule has 3 nitrogen and oxygen atoms in total. The topological polar surface area (TPSA) is 41.6 Å². The summed E-state index contributed by atoms with van der Waals surface area (Å²) in [5, 5.41) is 7.19. The van der Waals surface area contributed by atoms with E-state index < -0.39 is 0 Å². The fourth-order valence-electron chi connectivity index (χ4n) is 1.52. The highest BCUT2D eigenvalue weighted by molar-refractivity contribution is 5.81. The van der Waals surface area contributed by atoms with Crippen molar-refractivity contribution in [3.8, 4) is 0 Å². The van der Waals surface area contributed by atoms with Crippen LogP contribution in [0.2, 0.25) is 0 Å². The molecular formula is C10H13N3. The number of rotatable bonds is 0. The Balaban J connectivity index is 2.96. The van der Waals surface area contributed by atoms with E-state index in [4.69, 9.17) is 0 Å². The lowest BCUT2D eigenvalue weighted by Gasteiger charge is -2.03. The summed E-state index contributed by atoms with van der Waals surface area (Å²) in [6, 6.07) is 0. The van der Waals surface area contributed by atoms with E-state index in [-0.39, 0.29) is 0 Å². The number of nitrogens with one attached hydrogen (secondary N) is 1. The number of nitrogens with zero attached hydrogens (tertiary/aromatic N) is 2. The largest absolute Gasteiger partial charge is 0.280 e. The molecule has 2 rings (SSSR count). The van der Waals surface area contributed by atoms with Gasteiger partial charge in [0.15, 0.2) is 0 Å². The van der Waals surface area contributed by atoms with Crippen molar-refractivity contribution in [2.45, 2.75) is 27.7 Å². The lowest BCUT2D eigenvalue weighted by Crippen LogP contribution is -1.92. The van der Waals surface area contributed by atoms with Gasteiger partial charge in [0.25, 0.3) is 0 Å². The van der Waals surface area contributed by atoms with E-state index in [9.17, 15) is 0 Å². The molecule has 13 heavy (non-hydrogen) atoms. The van der Waals surface area contributed by atoms with Gasteiger partial charge in [0.2, 0.25) is 0 Å². The van der Waals surface area contributed by atoms with E-state index >= 15 is 0 Å². The number of H-pyrrole nitrogens is 1. The first-order valence-corrected chi connectivity index (χ1v) is 4.39. The Bertz CT molecular complexity index is 468. The second-order valence-electron chi connectivity index (χ2n) is 3.49. The van der Waals surface area contributed by atoms with Crippen LogP contribution in [-0.4, -0.2) is 15.2 Å². The van der Waals surface area contributed by atoms with Crippen molar-refractivity contribution in [3.05, 3.63) is 22.5 Å². The van der Waals surface area contributed by atoms with Gasteiger partial charge in [-0.25, -0.2) is 4.98 Å². The lowest BCUT2D eigenvalue weighted by atomic mass is 10.1. The molecule has 0 spiro atoms. The molecule has 68 valence electrons. The molecule has 2 aromatic heterocycles. The fraction of sp³-hybridized carbons (Fsp3) is 0.400. The van der Waals surface area contributed by atoms with Crippen LogP contribution in [0.4, 0.5) is 0 Å². The molecule has 2 heterocycles. The van der Waals surface area contributed by atoms with Gasteiger partial charge in [0.1, 0.15) is 11.0 Å². The molecule has 0 amide bonds. The molecule has 0 aliphatic carbocycles. The summed E-state index contributed by atoms with van der Waals surface area (Å²) in [5.41, 5.74) is 6.60. The minimum atomic E-state index is 1.00. The van der Waals surface area contributed by atoms with Crippen LogP contribution in [0.15, 0.2) is 0 Å². The molecule has 0 aliphatic rings. The van der Waals surface area contributed by atoms with Crippen LogP contribution in [0.1, 0.15) is 22.5 Å². The van der Waals surface area contributed by atoms with Gasteiger partial charge >= 0.3 is 0 Å². The van der Waals surface area contributed by atoms with Crippen molar-refractivity contribution in [1.82, 2.24) is 15.2 Å². The van der Waals surface area contributed by atoms with Gasteiger partial charge in [0.05, 0.1) is 5.69 Å². The van der Waals surface area contributed by atoms with Crippen molar-refractivity contribution in [2.75, 3.05) is 0 Å². The standard InChI is InChI=1S/C10H13N3/c1-5-6(2)9-10(11-7(5)3)8(4)12-13-9/h1-4H3,(H,12,13). The molecule has 0 atom stereocenters. The maximum atomic E-state index is 4.50. The van der Waals surface area contributed by atoms with Gasteiger partial charge in [0, 0.05) is 5.69 Å². The summed E-state index contributed by atoms with van der Waals surface area (Å²) in [5.74, 6) is 0. The van der Waals surface area contributed by atoms with Crippen LogP contribution in [0.5, 0.6) is 0 Å². The summed E-state index contributed by atoms with van der Waals surface area (Å²) < 4.78 is 0. The van der Waals surface area contributed by atoms with E-state index in [0.717, 1.165) is 22.4 Å². The molecule has 3 heteroatoms. The summed E-state index contributed by atoms with van der Waals surface area (Å²) >= 11 is 0. The molecular weight excluding hydrogens is 162 g/mol. The van der Waals surface area contributed by atoms with Crippen molar-refractivity contribution in [2.24, 2.45) is 0 Å². The average Bonchev–Trinajstić information content (AvgIpc) is 2.45. The summed E-state index contributed by atoms with van der Waals surface area (Å²) in [7, 11) is 0. The predicted molar refractivity (Wildman–Crippen MR) is 52.8 cm³/mol. The monoisotopic (exact) mass is 175 g/mol. The summed E-state index contributed by atoms with van der Waals surface area (Å²) in [6.45, 7) is 8.21. The first kappa shape index (κ1) is 8.23. The van der Waals surface area contributed by atoms with E-state index in [0.29, 0.717) is 0 Å². The number of hydrogen-bond acceptors (Lipinski definition) is 2. The van der Waals surface area contributed by atoms with Gasteiger partial charge < -0.3 is 0 Å². The number of aromatic amines is 1. The molecule has 1 N–H and O–H groups in total. The Kier molecular flexibility index (Phi) is 1.62. The van der Waals surface area contributed by atoms with Gasteiger partial charge in [-0.1, -0.05) is 0 Å². The average molecular weight is 175 g/mol. The van der Waals surface area contributed by atoms with E-state index in [1.54, 1.807) is 0 Å². The van der Waals surface area contributed by atoms with Gasteiger partial charge in [-0.3, -0.25) is 5.10 Å². The zero-order chi connectivity index (χ0) is 9.59. The molecule has 0 fully saturated rings. The minimum absolute atomic E-state index is 1.00.